The van der Waals surface area contributed by atoms with Crippen LogP contribution in [0.5, 0.6) is 11.5 Å². The summed E-state index contributed by atoms with van der Waals surface area (Å²) in [5, 5.41) is 7.07. The number of methoxy groups -OCH3 is 2. The van der Waals surface area contributed by atoms with E-state index in [0.29, 0.717) is 16.6 Å². The fourth-order valence-corrected chi connectivity index (χ4v) is 2.93. The first kappa shape index (κ1) is 20.0. The number of ether oxygens (including phenoxy) is 2. The molecule has 0 bridgehead atoms. The van der Waals surface area contributed by atoms with Gasteiger partial charge in [-0.1, -0.05) is 45.0 Å². The van der Waals surface area contributed by atoms with Crippen LogP contribution in [0.1, 0.15) is 44.9 Å². The van der Waals surface area contributed by atoms with Crippen LogP contribution in [0.3, 0.4) is 0 Å². The highest BCUT2D eigenvalue weighted by Gasteiger charge is 2.14. The summed E-state index contributed by atoms with van der Waals surface area (Å²) in [7, 11) is 3.23. The Labute approximate surface area is 161 Å². The van der Waals surface area contributed by atoms with Crippen LogP contribution in [-0.4, -0.2) is 19.3 Å². The standard InChI is InChI=1S/C21H28N2O2S/c1-14(15-7-9-16(10-8-15)21(2,3)4)22-20(26)23-17-11-12-18(24-5)19(13-17)25-6/h7-14H,1-6H3,(H2,22,23,26)/t14-/m1/s1. The summed E-state index contributed by atoms with van der Waals surface area (Å²) in [5.74, 6) is 1.34. The number of hydrogen-bond acceptors (Lipinski definition) is 3. The number of hydrogen-bond donors (Lipinski definition) is 2. The average Bonchev–Trinajstić information content (AvgIpc) is 2.60. The van der Waals surface area contributed by atoms with Crippen molar-refractivity contribution in [1.82, 2.24) is 5.32 Å². The molecule has 26 heavy (non-hydrogen) atoms. The second kappa shape index (κ2) is 8.41. The highest BCUT2D eigenvalue weighted by Crippen LogP contribution is 2.30. The molecule has 0 saturated heterocycles. The molecule has 0 aromatic heterocycles. The lowest BCUT2D eigenvalue weighted by molar-refractivity contribution is 0.355. The zero-order valence-corrected chi connectivity index (χ0v) is 17.2. The normalized spacial score (nSPS) is 12.2. The largest absolute Gasteiger partial charge is 0.493 e. The minimum Gasteiger partial charge on any atom is -0.493 e. The van der Waals surface area contributed by atoms with Crippen molar-refractivity contribution in [2.75, 3.05) is 19.5 Å². The summed E-state index contributed by atoms with van der Waals surface area (Å²) in [6.07, 6.45) is 0. The van der Waals surface area contributed by atoms with Crippen LogP contribution < -0.4 is 20.1 Å². The van der Waals surface area contributed by atoms with Gasteiger partial charge < -0.3 is 20.1 Å². The highest BCUT2D eigenvalue weighted by atomic mass is 32.1. The first-order valence-electron chi connectivity index (χ1n) is 8.64. The minimum absolute atomic E-state index is 0.101. The van der Waals surface area contributed by atoms with E-state index in [4.69, 9.17) is 21.7 Å². The molecule has 2 rings (SSSR count). The van der Waals surface area contributed by atoms with Gasteiger partial charge in [0, 0.05) is 11.8 Å². The molecule has 0 unspecified atom stereocenters. The van der Waals surface area contributed by atoms with Crippen LogP contribution in [0, 0.1) is 0 Å². The van der Waals surface area contributed by atoms with E-state index in [-0.39, 0.29) is 11.5 Å². The van der Waals surface area contributed by atoms with Gasteiger partial charge in [0.05, 0.1) is 20.3 Å². The summed E-state index contributed by atoms with van der Waals surface area (Å²) >= 11 is 5.44. The third kappa shape index (κ3) is 5.11. The summed E-state index contributed by atoms with van der Waals surface area (Å²) < 4.78 is 10.6. The van der Waals surface area contributed by atoms with Crippen LogP contribution in [0.15, 0.2) is 42.5 Å². The molecule has 140 valence electrons. The monoisotopic (exact) mass is 372 g/mol. The molecule has 0 aliphatic carbocycles. The van der Waals surface area contributed by atoms with Crippen LogP contribution in [-0.2, 0) is 5.41 Å². The third-order valence-electron chi connectivity index (χ3n) is 4.27. The maximum Gasteiger partial charge on any atom is 0.171 e. The summed E-state index contributed by atoms with van der Waals surface area (Å²) in [6, 6.07) is 14.4. The topological polar surface area (TPSA) is 42.5 Å². The van der Waals surface area contributed by atoms with Gasteiger partial charge in [-0.15, -0.1) is 0 Å². The predicted molar refractivity (Wildman–Crippen MR) is 112 cm³/mol. The molecular weight excluding hydrogens is 344 g/mol. The first-order chi connectivity index (χ1) is 12.2. The molecule has 2 aromatic rings. The summed E-state index contributed by atoms with van der Waals surface area (Å²) in [5.41, 5.74) is 3.50. The number of benzene rings is 2. The Hall–Kier alpha value is -2.27. The van der Waals surface area contributed by atoms with Gasteiger partial charge in [0.2, 0.25) is 0 Å². The summed E-state index contributed by atoms with van der Waals surface area (Å²) in [4.78, 5) is 0. The van der Waals surface area contributed by atoms with E-state index in [1.54, 1.807) is 14.2 Å². The zero-order chi connectivity index (χ0) is 19.3. The molecule has 0 aliphatic heterocycles. The lowest BCUT2D eigenvalue weighted by Gasteiger charge is -2.21. The van der Waals surface area contributed by atoms with E-state index < -0.39 is 0 Å². The Morgan fingerprint density at radius 2 is 1.58 bits per heavy atom. The molecule has 2 aromatic carbocycles. The van der Waals surface area contributed by atoms with E-state index in [1.807, 2.05) is 18.2 Å². The van der Waals surface area contributed by atoms with E-state index in [9.17, 15) is 0 Å². The van der Waals surface area contributed by atoms with Crippen molar-refractivity contribution in [2.24, 2.45) is 0 Å². The number of rotatable bonds is 5. The van der Waals surface area contributed by atoms with Crippen LogP contribution >= 0.6 is 12.2 Å². The molecule has 0 saturated carbocycles. The number of nitrogens with one attached hydrogen (secondary N) is 2. The van der Waals surface area contributed by atoms with Crippen molar-refractivity contribution in [3.05, 3.63) is 53.6 Å². The van der Waals surface area contributed by atoms with Gasteiger partial charge >= 0.3 is 0 Å². The quantitative estimate of drug-likeness (QED) is 0.719. The van der Waals surface area contributed by atoms with Gasteiger partial charge in [-0.3, -0.25) is 0 Å². The summed E-state index contributed by atoms with van der Waals surface area (Å²) in [6.45, 7) is 8.73. The van der Waals surface area contributed by atoms with E-state index in [0.717, 1.165) is 5.69 Å². The van der Waals surface area contributed by atoms with Gasteiger partial charge in [0.15, 0.2) is 16.6 Å². The molecule has 4 nitrogen and oxygen atoms in total. The second-order valence-electron chi connectivity index (χ2n) is 7.26. The van der Waals surface area contributed by atoms with Crippen LogP contribution in [0.2, 0.25) is 0 Å². The Bertz CT molecular complexity index is 752. The van der Waals surface area contributed by atoms with Gasteiger partial charge in [0.25, 0.3) is 0 Å². The van der Waals surface area contributed by atoms with Gasteiger partial charge in [-0.2, -0.15) is 0 Å². The van der Waals surface area contributed by atoms with Crippen molar-refractivity contribution in [3.8, 4) is 11.5 Å². The zero-order valence-electron chi connectivity index (χ0n) is 16.3. The van der Waals surface area contributed by atoms with E-state index >= 15 is 0 Å². The Kier molecular flexibility index (Phi) is 6.48. The van der Waals surface area contributed by atoms with Crippen molar-refractivity contribution in [1.29, 1.82) is 0 Å². The third-order valence-corrected chi connectivity index (χ3v) is 4.49. The van der Waals surface area contributed by atoms with Crippen molar-refractivity contribution in [2.45, 2.75) is 39.2 Å². The molecule has 0 spiro atoms. The second-order valence-corrected chi connectivity index (χ2v) is 7.67. The Morgan fingerprint density at radius 3 is 2.12 bits per heavy atom. The minimum atomic E-state index is 0.101. The van der Waals surface area contributed by atoms with E-state index in [1.165, 1.54) is 11.1 Å². The SMILES string of the molecule is COc1ccc(NC(=S)N[C@H](C)c2ccc(C(C)(C)C)cc2)cc1OC. The maximum atomic E-state index is 5.44. The molecule has 0 amide bonds. The Balaban J connectivity index is 2.01. The lowest BCUT2D eigenvalue weighted by Crippen LogP contribution is -2.30. The number of anilines is 1. The van der Waals surface area contributed by atoms with Gasteiger partial charge in [-0.05, 0) is 47.8 Å². The molecule has 5 heteroatoms. The van der Waals surface area contributed by atoms with Crippen LogP contribution in [0.4, 0.5) is 5.69 Å². The van der Waals surface area contributed by atoms with Crippen molar-refractivity contribution < 1.29 is 9.47 Å². The molecular formula is C21H28N2O2S. The van der Waals surface area contributed by atoms with E-state index in [2.05, 4.69) is 62.6 Å². The first-order valence-corrected chi connectivity index (χ1v) is 9.05. The smallest absolute Gasteiger partial charge is 0.171 e. The van der Waals surface area contributed by atoms with Gasteiger partial charge in [0.1, 0.15) is 0 Å². The average molecular weight is 373 g/mol. The van der Waals surface area contributed by atoms with Crippen LogP contribution in [0.25, 0.3) is 0 Å². The van der Waals surface area contributed by atoms with Crippen molar-refractivity contribution in [3.63, 3.8) is 0 Å². The maximum absolute atomic E-state index is 5.44. The Morgan fingerprint density at radius 1 is 0.962 bits per heavy atom. The van der Waals surface area contributed by atoms with Crippen molar-refractivity contribution >= 4 is 23.0 Å². The molecule has 0 radical (unpaired) electrons. The molecule has 0 fully saturated rings. The predicted octanol–water partition coefficient (Wildman–Crippen LogP) is 5.05. The molecule has 0 heterocycles. The fraction of sp³-hybridized carbons (Fsp3) is 0.381. The van der Waals surface area contributed by atoms with Gasteiger partial charge in [-0.25, -0.2) is 0 Å². The fourth-order valence-electron chi connectivity index (χ4n) is 2.63. The highest BCUT2D eigenvalue weighted by molar-refractivity contribution is 7.80. The lowest BCUT2D eigenvalue weighted by atomic mass is 9.86. The number of thiocarbonyl (C=S) groups is 1. The molecule has 1 atom stereocenters. The molecule has 0 aliphatic rings. The molecule has 2 N–H and O–H groups in total.